The average Bonchev–Trinajstić information content (AvgIpc) is 2.94. The predicted octanol–water partition coefficient (Wildman–Crippen LogP) is 6.60. The Labute approximate surface area is 167 Å². The summed E-state index contributed by atoms with van der Waals surface area (Å²) in [6, 6.07) is 25.4. The molecule has 0 amide bonds. The quantitative estimate of drug-likeness (QED) is 0.247. The lowest BCUT2D eigenvalue weighted by Gasteiger charge is -2.09. The molecule has 1 aromatic heterocycles. The smallest absolute Gasteiger partial charge is 0.0708 e. The first-order chi connectivity index (χ1) is 12.6. The van der Waals surface area contributed by atoms with Crippen molar-refractivity contribution in [2.75, 3.05) is 0 Å². The molecule has 3 heteroatoms. The molecule has 0 fully saturated rings. The molecule has 0 saturated carbocycles. The van der Waals surface area contributed by atoms with Gasteiger partial charge in [-0.3, -0.25) is 4.99 Å². The van der Waals surface area contributed by atoms with Crippen LogP contribution in [-0.2, 0) is 0 Å². The Morgan fingerprint density at radius 2 is 1.62 bits per heavy atom. The van der Waals surface area contributed by atoms with Gasteiger partial charge in [0, 0.05) is 37.8 Å². The monoisotopic (exact) mass is 450 g/mol. The second-order valence-corrected chi connectivity index (χ2v) is 7.64. The molecule has 0 aliphatic carbocycles. The number of halogens is 1. The highest BCUT2D eigenvalue weighted by Crippen LogP contribution is 2.26. The number of nitrogens with zero attached hydrogens (tertiary/aromatic N) is 2. The second-order valence-electron chi connectivity index (χ2n) is 6.39. The largest absolute Gasteiger partial charge is 0.318 e. The molecule has 1 heterocycles. The Morgan fingerprint density at radius 3 is 2.42 bits per heavy atom. The van der Waals surface area contributed by atoms with Crippen molar-refractivity contribution in [3.05, 3.63) is 93.3 Å². The Morgan fingerprint density at radius 1 is 0.885 bits per heavy atom. The van der Waals surface area contributed by atoms with Crippen LogP contribution in [0.5, 0.6) is 0 Å². The molecular weight excluding hydrogens is 431 g/mol. The van der Waals surface area contributed by atoms with E-state index in [1.807, 2.05) is 6.21 Å². The van der Waals surface area contributed by atoms with Crippen LogP contribution in [-0.4, -0.2) is 10.8 Å². The molecule has 4 rings (SSSR count). The van der Waals surface area contributed by atoms with Crippen molar-refractivity contribution in [2.45, 2.75) is 13.8 Å². The number of benzene rings is 3. The maximum absolute atomic E-state index is 4.79. The van der Waals surface area contributed by atoms with E-state index in [-0.39, 0.29) is 0 Å². The minimum atomic E-state index is 1.00. The standard InChI is InChI=1S/C23H19IN2/c1-16-14-19(17(2)26(16)21-12-10-20(24)11-13-21)15-25-23-9-5-7-18-6-3-4-8-22(18)23/h3-15H,1-2H3. The number of aliphatic imine (C=N–C) groups is 1. The third-order valence-corrected chi connectivity index (χ3v) is 5.38. The zero-order valence-electron chi connectivity index (χ0n) is 14.8. The van der Waals surface area contributed by atoms with Crippen molar-refractivity contribution in [1.29, 1.82) is 0 Å². The predicted molar refractivity (Wildman–Crippen MR) is 119 cm³/mol. The summed E-state index contributed by atoms with van der Waals surface area (Å²) in [4.78, 5) is 4.79. The molecule has 128 valence electrons. The SMILES string of the molecule is Cc1cc(C=Nc2cccc3ccccc23)c(C)n1-c1ccc(I)cc1. The van der Waals surface area contributed by atoms with Crippen LogP contribution >= 0.6 is 22.6 Å². The molecule has 0 aliphatic heterocycles. The third-order valence-electron chi connectivity index (χ3n) is 4.66. The first kappa shape index (κ1) is 17.0. The van der Waals surface area contributed by atoms with Crippen LogP contribution in [0.3, 0.4) is 0 Å². The number of aromatic nitrogens is 1. The molecule has 0 N–H and O–H groups in total. The van der Waals surface area contributed by atoms with Gasteiger partial charge >= 0.3 is 0 Å². The van der Waals surface area contributed by atoms with Gasteiger partial charge in [0.05, 0.1) is 5.69 Å². The fourth-order valence-corrected chi connectivity index (χ4v) is 3.73. The molecule has 0 unspecified atom stereocenters. The van der Waals surface area contributed by atoms with E-state index in [9.17, 15) is 0 Å². The normalized spacial score (nSPS) is 11.5. The average molecular weight is 450 g/mol. The van der Waals surface area contributed by atoms with E-state index in [0.29, 0.717) is 0 Å². The Hall–Kier alpha value is -2.40. The van der Waals surface area contributed by atoms with Crippen LogP contribution in [0.2, 0.25) is 0 Å². The minimum Gasteiger partial charge on any atom is -0.318 e. The minimum absolute atomic E-state index is 1.00. The number of hydrogen-bond acceptors (Lipinski definition) is 1. The maximum atomic E-state index is 4.79. The fourth-order valence-electron chi connectivity index (χ4n) is 3.37. The van der Waals surface area contributed by atoms with Gasteiger partial charge in [0.25, 0.3) is 0 Å². The van der Waals surface area contributed by atoms with Gasteiger partial charge in [0.15, 0.2) is 0 Å². The molecule has 26 heavy (non-hydrogen) atoms. The van der Waals surface area contributed by atoms with E-state index in [4.69, 9.17) is 4.99 Å². The molecule has 0 radical (unpaired) electrons. The lowest BCUT2D eigenvalue weighted by atomic mass is 10.1. The second kappa shape index (κ2) is 7.08. The van der Waals surface area contributed by atoms with Crippen LogP contribution in [0, 0.1) is 17.4 Å². The van der Waals surface area contributed by atoms with E-state index >= 15 is 0 Å². The Bertz CT molecular complexity index is 1100. The van der Waals surface area contributed by atoms with Crippen molar-refractivity contribution < 1.29 is 0 Å². The van der Waals surface area contributed by atoms with E-state index < -0.39 is 0 Å². The van der Waals surface area contributed by atoms with Gasteiger partial charge < -0.3 is 4.57 Å². The van der Waals surface area contributed by atoms with Crippen molar-refractivity contribution in [3.8, 4) is 5.69 Å². The summed E-state index contributed by atoms with van der Waals surface area (Å²) in [6.45, 7) is 4.29. The van der Waals surface area contributed by atoms with Crippen molar-refractivity contribution in [3.63, 3.8) is 0 Å². The van der Waals surface area contributed by atoms with E-state index in [0.717, 1.165) is 11.3 Å². The maximum Gasteiger partial charge on any atom is 0.0708 e. The van der Waals surface area contributed by atoms with E-state index in [1.165, 1.54) is 31.4 Å². The van der Waals surface area contributed by atoms with Gasteiger partial charge in [-0.25, -0.2) is 0 Å². The molecule has 0 atom stereocenters. The van der Waals surface area contributed by atoms with Gasteiger partial charge in [0.2, 0.25) is 0 Å². The summed E-state index contributed by atoms with van der Waals surface area (Å²) in [5, 5.41) is 2.39. The van der Waals surface area contributed by atoms with Crippen LogP contribution in [0.15, 0.2) is 77.8 Å². The van der Waals surface area contributed by atoms with Crippen LogP contribution in [0.25, 0.3) is 16.5 Å². The zero-order valence-corrected chi connectivity index (χ0v) is 16.9. The molecule has 4 aromatic rings. The van der Waals surface area contributed by atoms with Gasteiger partial charge in [-0.05, 0) is 78.2 Å². The molecule has 2 nitrogen and oxygen atoms in total. The van der Waals surface area contributed by atoms with Gasteiger partial charge in [-0.1, -0.05) is 36.4 Å². The summed E-state index contributed by atoms with van der Waals surface area (Å²) in [6.07, 6.45) is 1.98. The van der Waals surface area contributed by atoms with Gasteiger partial charge in [0.1, 0.15) is 0 Å². The molecule has 0 spiro atoms. The number of hydrogen-bond donors (Lipinski definition) is 0. The molecule has 3 aromatic carbocycles. The van der Waals surface area contributed by atoms with E-state index in [1.54, 1.807) is 0 Å². The topological polar surface area (TPSA) is 17.3 Å². The van der Waals surface area contributed by atoms with Crippen LogP contribution in [0.4, 0.5) is 5.69 Å². The highest BCUT2D eigenvalue weighted by Gasteiger charge is 2.09. The molecule has 0 saturated heterocycles. The first-order valence-corrected chi connectivity index (χ1v) is 9.68. The highest BCUT2D eigenvalue weighted by atomic mass is 127. The Balaban J connectivity index is 1.74. The van der Waals surface area contributed by atoms with Gasteiger partial charge in [-0.15, -0.1) is 0 Å². The summed E-state index contributed by atoms with van der Waals surface area (Å²) in [5.41, 5.74) is 5.75. The Kier molecular flexibility index (Phi) is 4.64. The summed E-state index contributed by atoms with van der Waals surface area (Å²) < 4.78 is 3.52. The zero-order chi connectivity index (χ0) is 18.1. The summed E-state index contributed by atoms with van der Waals surface area (Å²) >= 11 is 2.33. The van der Waals surface area contributed by atoms with E-state index in [2.05, 4.69) is 114 Å². The fraction of sp³-hybridized carbons (Fsp3) is 0.0870. The third kappa shape index (κ3) is 3.19. The number of rotatable bonds is 3. The van der Waals surface area contributed by atoms with Gasteiger partial charge in [-0.2, -0.15) is 0 Å². The number of aryl methyl sites for hydroxylation is 1. The van der Waals surface area contributed by atoms with Crippen molar-refractivity contribution in [2.24, 2.45) is 4.99 Å². The summed E-state index contributed by atoms with van der Waals surface area (Å²) in [5.74, 6) is 0. The van der Waals surface area contributed by atoms with Crippen LogP contribution < -0.4 is 0 Å². The lowest BCUT2D eigenvalue weighted by Crippen LogP contribution is -1.99. The number of fused-ring (bicyclic) bond motifs is 1. The van der Waals surface area contributed by atoms with Crippen LogP contribution in [0.1, 0.15) is 17.0 Å². The lowest BCUT2D eigenvalue weighted by molar-refractivity contribution is 0.964. The molecule has 0 bridgehead atoms. The molecule has 0 aliphatic rings. The van der Waals surface area contributed by atoms with Crippen molar-refractivity contribution >= 4 is 45.3 Å². The highest BCUT2D eigenvalue weighted by molar-refractivity contribution is 14.1. The first-order valence-electron chi connectivity index (χ1n) is 8.60. The van der Waals surface area contributed by atoms with Crippen molar-refractivity contribution in [1.82, 2.24) is 4.57 Å². The summed E-state index contributed by atoms with van der Waals surface area (Å²) in [7, 11) is 0. The molecular formula is C23H19IN2.